The lowest BCUT2D eigenvalue weighted by atomic mass is 9.86. The Morgan fingerprint density at radius 3 is 2.62 bits per heavy atom. The summed E-state index contributed by atoms with van der Waals surface area (Å²) in [5.41, 5.74) is 3.13. The Labute approximate surface area is 141 Å². The van der Waals surface area contributed by atoms with Gasteiger partial charge in [-0.2, -0.15) is 0 Å². The van der Waals surface area contributed by atoms with Crippen LogP contribution in [0.15, 0.2) is 54.7 Å². The lowest BCUT2D eigenvalue weighted by molar-refractivity contribution is -0.143. The first kappa shape index (κ1) is 16.1. The zero-order valence-corrected chi connectivity index (χ0v) is 13.9. The van der Waals surface area contributed by atoms with Gasteiger partial charge in [0.2, 0.25) is 0 Å². The van der Waals surface area contributed by atoms with Gasteiger partial charge in [-0.05, 0) is 30.2 Å². The Morgan fingerprint density at radius 2 is 1.92 bits per heavy atom. The van der Waals surface area contributed by atoms with Crippen molar-refractivity contribution in [2.45, 2.75) is 19.3 Å². The Kier molecular flexibility index (Phi) is 4.85. The second-order valence-corrected chi connectivity index (χ2v) is 5.60. The van der Waals surface area contributed by atoms with E-state index in [0.717, 1.165) is 27.8 Å². The number of hydrogen-bond donors (Lipinski definition) is 1. The molecular weight excluding hydrogens is 302 g/mol. The van der Waals surface area contributed by atoms with Crippen LogP contribution in [0.5, 0.6) is 5.75 Å². The number of hydrogen-bond acceptors (Lipinski definition) is 3. The highest BCUT2D eigenvalue weighted by atomic mass is 16.5. The molecule has 0 amide bonds. The van der Waals surface area contributed by atoms with Gasteiger partial charge in [0.25, 0.3) is 0 Å². The van der Waals surface area contributed by atoms with Crippen molar-refractivity contribution in [2.24, 2.45) is 0 Å². The van der Waals surface area contributed by atoms with Gasteiger partial charge in [0.1, 0.15) is 5.75 Å². The molecule has 0 bridgehead atoms. The van der Waals surface area contributed by atoms with Crippen molar-refractivity contribution in [3.63, 3.8) is 0 Å². The second-order valence-electron chi connectivity index (χ2n) is 5.60. The minimum Gasteiger partial charge on any atom is -0.495 e. The number of benzene rings is 2. The van der Waals surface area contributed by atoms with Crippen LogP contribution in [0.1, 0.15) is 30.4 Å². The number of methoxy groups -OCH3 is 1. The first-order valence-corrected chi connectivity index (χ1v) is 8.09. The number of aromatic nitrogens is 1. The molecule has 1 heterocycles. The van der Waals surface area contributed by atoms with E-state index in [1.165, 1.54) is 0 Å². The third-order valence-electron chi connectivity index (χ3n) is 4.19. The van der Waals surface area contributed by atoms with E-state index in [4.69, 9.17) is 9.47 Å². The van der Waals surface area contributed by atoms with Crippen LogP contribution in [0.4, 0.5) is 0 Å². The number of esters is 1. The molecule has 0 aliphatic rings. The molecule has 0 saturated heterocycles. The molecule has 0 aliphatic heterocycles. The molecule has 3 rings (SSSR count). The van der Waals surface area contributed by atoms with Gasteiger partial charge in [0.05, 0.1) is 25.7 Å². The Hall–Kier alpha value is -2.75. The van der Waals surface area contributed by atoms with Crippen LogP contribution in [-0.4, -0.2) is 24.7 Å². The summed E-state index contributed by atoms with van der Waals surface area (Å²) in [5.74, 6) is 0.544. The Bertz CT molecular complexity index is 823. The SMILES string of the molecule is CCOC(=O)CC(c1ccccc1)c1ccc(OC)c2[nH]ccc12. The van der Waals surface area contributed by atoms with Crippen LogP contribution in [0.2, 0.25) is 0 Å². The molecule has 1 N–H and O–H groups in total. The van der Waals surface area contributed by atoms with E-state index < -0.39 is 0 Å². The van der Waals surface area contributed by atoms with Crippen molar-refractivity contribution in [3.8, 4) is 5.75 Å². The van der Waals surface area contributed by atoms with Crippen molar-refractivity contribution < 1.29 is 14.3 Å². The van der Waals surface area contributed by atoms with Crippen LogP contribution in [0, 0.1) is 0 Å². The van der Waals surface area contributed by atoms with Crippen LogP contribution < -0.4 is 4.74 Å². The number of ether oxygens (including phenoxy) is 2. The first-order valence-electron chi connectivity index (χ1n) is 8.09. The molecule has 1 aromatic heterocycles. The Balaban J connectivity index is 2.09. The van der Waals surface area contributed by atoms with E-state index in [9.17, 15) is 4.79 Å². The van der Waals surface area contributed by atoms with Crippen molar-refractivity contribution in [3.05, 3.63) is 65.9 Å². The Morgan fingerprint density at radius 1 is 1.12 bits per heavy atom. The standard InChI is InChI=1S/C20H21NO3/c1-3-24-19(22)13-17(14-7-5-4-6-8-14)15-9-10-18(23-2)20-16(15)11-12-21-20/h4-12,17,21H,3,13H2,1-2H3. The van der Waals surface area contributed by atoms with Crippen molar-refractivity contribution in [1.82, 2.24) is 4.98 Å². The molecule has 0 fully saturated rings. The fraction of sp³-hybridized carbons (Fsp3) is 0.250. The summed E-state index contributed by atoms with van der Waals surface area (Å²) in [5, 5.41) is 1.06. The number of nitrogens with one attached hydrogen (secondary N) is 1. The average molecular weight is 323 g/mol. The molecule has 3 aromatic rings. The summed E-state index contributed by atoms with van der Waals surface area (Å²) < 4.78 is 10.6. The van der Waals surface area contributed by atoms with E-state index in [1.807, 2.05) is 61.7 Å². The molecule has 24 heavy (non-hydrogen) atoms. The number of rotatable bonds is 6. The van der Waals surface area contributed by atoms with Gasteiger partial charge < -0.3 is 14.5 Å². The molecule has 2 aromatic carbocycles. The first-order chi connectivity index (χ1) is 11.7. The molecule has 0 aliphatic carbocycles. The van der Waals surface area contributed by atoms with Gasteiger partial charge in [-0.15, -0.1) is 0 Å². The van der Waals surface area contributed by atoms with E-state index in [2.05, 4.69) is 4.98 Å². The highest BCUT2D eigenvalue weighted by molar-refractivity contribution is 5.89. The molecule has 4 heteroatoms. The van der Waals surface area contributed by atoms with E-state index in [-0.39, 0.29) is 11.9 Å². The van der Waals surface area contributed by atoms with E-state index >= 15 is 0 Å². The predicted molar refractivity (Wildman–Crippen MR) is 94.4 cm³/mol. The van der Waals surface area contributed by atoms with Crippen LogP contribution in [0.25, 0.3) is 10.9 Å². The lowest BCUT2D eigenvalue weighted by Crippen LogP contribution is -2.12. The van der Waals surface area contributed by atoms with Crippen molar-refractivity contribution in [2.75, 3.05) is 13.7 Å². The highest BCUT2D eigenvalue weighted by Gasteiger charge is 2.22. The third kappa shape index (κ3) is 3.13. The average Bonchev–Trinajstić information content (AvgIpc) is 3.10. The zero-order chi connectivity index (χ0) is 16.9. The number of H-pyrrole nitrogens is 1. The largest absolute Gasteiger partial charge is 0.495 e. The van der Waals surface area contributed by atoms with Gasteiger partial charge in [-0.1, -0.05) is 36.4 Å². The maximum absolute atomic E-state index is 12.1. The van der Waals surface area contributed by atoms with Crippen LogP contribution in [0.3, 0.4) is 0 Å². The van der Waals surface area contributed by atoms with Crippen molar-refractivity contribution >= 4 is 16.9 Å². The zero-order valence-electron chi connectivity index (χ0n) is 13.9. The summed E-state index contributed by atoms with van der Waals surface area (Å²) in [4.78, 5) is 15.4. The molecule has 4 nitrogen and oxygen atoms in total. The summed E-state index contributed by atoms with van der Waals surface area (Å²) in [6.45, 7) is 2.22. The minimum absolute atomic E-state index is 0.0607. The smallest absolute Gasteiger partial charge is 0.306 e. The topological polar surface area (TPSA) is 51.3 Å². The molecular formula is C20H21NO3. The molecule has 0 radical (unpaired) electrons. The van der Waals surface area contributed by atoms with Gasteiger partial charge in [0, 0.05) is 17.5 Å². The molecule has 0 spiro atoms. The molecule has 0 saturated carbocycles. The van der Waals surface area contributed by atoms with E-state index in [1.54, 1.807) is 7.11 Å². The number of fused-ring (bicyclic) bond motifs is 1. The van der Waals surface area contributed by atoms with Gasteiger partial charge in [-0.3, -0.25) is 4.79 Å². The predicted octanol–water partition coefficient (Wildman–Crippen LogP) is 4.26. The van der Waals surface area contributed by atoms with Crippen molar-refractivity contribution in [1.29, 1.82) is 0 Å². The number of carbonyl (C=O) groups excluding carboxylic acids is 1. The second kappa shape index (κ2) is 7.21. The summed E-state index contributed by atoms with van der Waals surface area (Å²) in [6.07, 6.45) is 2.20. The lowest BCUT2D eigenvalue weighted by Gasteiger charge is -2.19. The quantitative estimate of drug-likeness (QED) is 0.690. The van der Waals surface area contributed by atoms with E-state index in [0.29, 0.717) is 13.0 Å². The highest BCUT2D eigenvalue weighted by Crippen LogP contribution is 2.36. The summed E-state index contributed by atoms with van der Waals surface area (Å²) in [6, 6.07) is 16.1. The number of carbonyl (C=O) groups is 1. The molecule has 124 valence electrons. The van der Waals surface area contributed by atoms with Crippen LogP contribution >= 0.6 is 0 Å². The maximum Gasteiger partial charge on any atom is 0.306 e. The van der Waals surface area contributed by atoms with Gasteiger partial charge in [-0.25, -0.2) is 0 Å². The minimum atomic E-state index is -0.189. The van der Waals surface area contributed by atoms with Gasteiger partial charge >= 0.3 is 5.97 Å². The fourth-order valence-corrected chi connectivity index (χ4v) is 3.11. The normalized spacial score (nSPS) is 12.1. The monoisotopic (exact) mass is 323 g/mol. The third-order valence-corrected chi connectivity index (χ3v) is 4.19. The summed E-state index contributed by atoms with van der Waals surface area (Å²) >= 11 is 0. The van der Waals surface area contributed by atoms with Crippen LogP contribution in [-0.2, 0) is 9.53 Å². The maximum atomic E-state index is 12.1. The molecule has 1 unspecified atom stereocenters. The molecule has 1 atom stereocenters. The van der Waals surface area contributed by atoms with Gasteiger partial charge in [0.15, 0.2) is 0 Å². The fourth-order valence-electron chi connectivity index (χ4n) is 3.11. The number of aromatic amines is 1. The summed E-state index contributed by atoms with van der Waals surface area (Å²) in [7, 11) is 1.66.